The van der Waals surface area contributed by atoms with Crippen molar-refractivity contribution in [3.05, 3.63) is 11.6 Å². The minimum atomic E-state index is -2.03. The van der Waals surface area contributed by atoms with Gasteiger partial charge in [0.1, 0.15) is 67.1 Å². The lowest BCUT2D eigenvalue weighted by molar-refractivity contribution is -0.406. The summed E-state index contributed by atoms with van der Waals surface area (Å²) in [6.07, 6.45) is -18.7. The number of carboxylic acids is 1. The first-order chi connectivity index (χ1) is 31.8. The van der Waals surface area contributed by atoms with Crippen LogP contribution in [0.25, 0.3) is 0 Å². The number of esters is 1. The van der Waals surface area contributed by atoms with Gasteiger partial charge in [0.15, 0.2) is 25.2 Å². The maximum Gasteiger partial charge on any atom is 0.311 e. The predicted molar refractivity (Wildman–Crippen MR) is 232 cm³/mol. The summed E-state index contributed by atoms with van der Waals surface area (Å²) in [5, 5.41) is 117. The van der Waals surface area contributed by atoms with Crippen molar-refractivity contribution < 1.29 is 98.9 Å². The molecule has 3 heterocycles. The Hall–Kier alpha value is -1.96. The minimum absolute atomic E-state index is 0.0871. The van der Waals surface area contributed by atoms with Crippen LogP contribution in [-0.2, 0) is 42.7 Å². The fourth-order valence-corrected chi connectivity index (χ4v) is 15.1. The maximum atomic E-state index is 13.3. The van der Waals surface area contributed by atoms with Crippen molar-refractivity contribution in [1.29, 1.82) is 0 Å². The predicted octanol–water partition coefficient (Wildman–Crippen LogP) is -0.183. The molecule has 24 atom stereocenters. The number of methoxy groups -OCH3 is 1. The van der Waals surface area contributed by atoms with Gasteiger partial charge in [-0.25, -0.2) is 0 Å². The van der Waals surface area contributed by atoms with Crippen molar-refractivity contribution in [2.24, 2.45) is 50.2 Å². The fraction of sp³-hybridized carbons (Fsp3) is 0.917. The van der Waals surface area contributed by atoms with Crippen molar-refractivity contribution in [3.8, 4) is 0 Å². The van der Waals surface area contributed by atoms with Gasteiger partial charge in [-0.2, -0.15) is 0 Å². The first kappa shape index (κ1) is 52.4. The molecular weight excluding hydrogens is 897 g/mol. The van der Waals surface area contributed by atoms with Gasteiger partial charge in [-0.1, -0.05) is 46.3 Å². The van der Waals surface area contributed by atoms with Gasteiger partial charge in [0.25, 0.3) is 0 Å². The zero-order valence-electron chi connectivity index (χ0n) is 40.1. The third-order valence-electron chi connectivity index (χ3n) is 19.5. The van der Waals surface area contributed by atoms with Gasteiger partial charge in [-0.3, -0.25) is 9.59 Å². The highest BCUT2D eigenvalue weighted by atomic mass is 16.8. The topological polar surface area (TPSA) is 321 Å². The molecule has 8 aliphatic rings. The van der Waals surface area contributed by atoms with Crippen molar-refractivity contribution in [2.45, 2.75) is 204 Å². The lowest BCUT2D eigenvalue weighted by Gasteiger charge is -2.71. The van der Waals surface area contributed by atoms with E-state index in [1.807, 2.05) is 6.92 Å². The molecule has 0 bridgehead atoms. The lowest BCUT2D eigenvalue weighted by Crippen LogP contribution is -2.68. The van der Waals surface area contributed by atoms with Crippen molar-refractivity contribution in [3.63, 3.8) is 0 Å². The first-order valence-electron chi connectivity index (χ1n) is 24.4. The van der Waals surface area contributed by atoms with Crippen LogP contribution in [0, 0.1) is 50.2 Å². The third-order valence-corrected chi connectivity index (χ3v) is 19.5. The van der Waals surface area contributed by atoms with Crippen LogP contribution in [0.15, 0.2) is 11.6 Å². The smallest absolute Gasteiger partial charge is 0.311 e. The number of hydrogen-bond acceptors (Lipinski definition) is 19. The van der Waals surface area contributed by atoms with Gasteiger partial charge < -0.3 is 89.3 Å². The van der Waals surface area contributed by atoms with E-state index in [4.69, 9.17) is 33.2 Å². The van der Waals surface area contributed by atoms with Crippen LogP contribution in [0.3, 0.4) is 0 Å². The SMILES string of the molecule is COC(=O)C1(C)CCC2(C(=O)O)CCC3(C)C(=CCC4C5(C)CCC(OC6OC(CO)C(O)C(O)C6OC6OC(CO)C(O)C(O)C6OC6OC(O)C(O)C(O)C6O)C(C)(C)C5CCC43C)C2C1. The van der Waals surface area contributed by atoms with Crippen molar-refractivity contribution in [1.82, 2.24) is 0 Å². The second-order valence-corrected chi connectivity index (χ2v) is 23.0. The van der Waals surface area contributed by atoms with E-state index >= 15 is 0 Å². The molecular formula is C48H76O20. The molecule has 388 valence electrons. The van der Waals surface area contributed by atoms with Crippen LogP contribution < -0.4 is 0 Å². The molecule has 7 fully saturated rings. The zero-order chi connectivity index (χ0) is 49.8. The van der Waals surface area contributed by atoms with Crippen LogP contribution in [0.2, 0.25) is 0 Å². The van der Waals surface area contributed by atoms with Gasteiger partial charge >= 0.3 is 11.9 Å². The van der Waals surface area contributed by atoms with Gasteiger partial charge in [-0.15, -0.1) is 0 Å². The summed E-state index contributed by atoms with van der Waals surface area (Å²) in [4.78, 5) is 26.5. The molecule has 20 nitrogen and oxygen atoms in total. The van der Waals surface area contributed by atoms with E-state index < -0.39 is 134 Å². The number of ether oxygens (including phenoxy) is 7. The number of allylic oxidation sites excluding steroid dienone is 2. The Balaban J connectivity index is 1.06. The molecule has 20 heteroatoms. The van der Waals surface area contributed by atoms with Gasteiger partial charge in [0.05, 0.1) is 37.3 Å². The molecule has 0 aromatic heterocycles. The van der Waals surface area contributed by atoms with E-state index in [0.29, 0.717) is 38.5 Å². The molecule has 5 aliphatic carbocycles. The van der Waals surface area contributed by atoms with Crippen LogP contribution in [-0.4, -0.2) is 187 Å². The highest BCUT2D eigenvalue weighted by molar-refractivity contribution is 5.80. The number of carboxylic acid groups (broad SMARTS) is 1. The Kier molecular flexibility index (Phi) is 14.3. The number of rotatable bonds is 10. The van der Waals surface area contributed by atoms with E-state index in [1.54, 1.807) is 0 Å². The molecule has 3 saturated heterocycles. The highest BCUT2D eigenvalue weighted by Crippen LogP contribution is 2.76. The fourth-order valence-electron chi connectivity index (χ4n) is 15.1. The summed E-state index contributed by atoms with van der Waals surface area (Å²) in [5.74, 6) is -1.13. The van der Waals surface area contributed by atoms with Crippen LogP contribution >= 0.6 is 0 Å². The number of carbonyl (C=O) groups is 2. The number of aliphatic carboxylic acids is 1. The van der Waals surface area contributed by atoms with Crippen LogP contribution in [0.1, 0.15) is 106 Å². The third kappa shape index (κ3) is 7.94. The molecule has 11 N–H and O–H groups in total. The second-order valence-electron chi connectivity index (χ2n) is 23.0. The molecule has 68 heavy (non-hydrogen) atoms. The summed E-state index contributed by atoms with van der Waals surface area (Å²) in [5.41, 5.74) is -1.91. The maximum absolute atomic E-state index is 13.3. The number of aliphatic hydroxyl groups excluding tert-OH is 10. The summed E-state index contributed by atoms with van der Waals surface area (Å²) in [6.45, 7) is 11.7. The molecule has 0 radical (unpaired) electrons. The van der Waals surface area contributed by atoms with E-state index in [0.717, 1.165) is 31.3 Å². The molecule has 3 aliphatic heterocycles. The Morgan fingerprint density at radius 2 is 1.22 bits per heavy atom. The molecule has 0 amide bonds. The monoisotopic (exact) mass is 972 g/mol. The minimum Gasteiger partial charge on any atom is -0.481 e. The normalized spacial score (nSPS) is 53.4. The number of fused-ring (bicyclic) bond motifs is 7. The zero-order valence-corrected chi connectivity index (χ0v) is 40.1. The van der Waals surface area contributed by atoms with Crippen molar-refractivity contribution >= 4 is 11.9 Å². The van der Waals surface area contributed by atoms with Gasteiger partial charge in [0, 0.05) is 0 Å². The number of hydrogen-bond donors (Lipinski definition) is 11. The Morgan fingerprint density at radius 1 is 0.647 bits per heavy atom. The van der Waals surface area contributed by atoms with E-state index in [-0.39, 0.29) is 40.0 Å². The standard InChI is InChI=1S/C48H76O20/c1-43(2)25-10-13-47(6)26(9-8-21-22-18-44(3,42(61)62-7)14-16-48(22,41(59)60)17-15-46(21,47)5)45(25,4)12-11-27(43)65-39-35(31(54)28(51)23(19-49)63-39)67-40-36(32(55)29(52)24(20-50)64-40)66-38-34(57)30(53)33(56)37(58)68-38/h8,22-40,49-58H,9-20H2,1-7H3,(H,59,60). The van der Waals surface area contributed by atoms with E-state index in [9.17, 15) is 65.8 Å². The Bertz CT molecular complexity index is 1900. The summed E-state index contributed by atoms with van der Waals surface area (Å²) >= 11 is 0. The molecule has 0 spiro atoms. The lowest BCUT2D eigenvalue weighted by atomic mass is 9.33. The van der Waals surface area contributed by atoms with E-state index in [2.05, 4.69) is 40.7 Å². The largest absolute Gasteiger partial charge is 0.481 e. The Morgan fingerprint density at radius 3 is 1.79 bits per heavy atom. The van der Waals surface area contributed by atoms with Crippen LogP contribution in [0.4, 0.5) is 0 Å². The molecule has 0 aromatic rings. The highest BCUT2D eigenvalue weighted by Gasteiger charge is 2.70. The van der Waals surface area contributed by atoms with Gasteiger partial charge in [0.2, 0.25) is 0 Å². The second kappa shape index (κ2) is 18.5. The summed E-state index contributed by atoms with van der Waals surface area (Å²) in [7, 11) is 1.39. The molecule has 0 aromatic carbocycles. The van der Waals surface area contributed by atoms with Crippen LogP contribution in [0.5, 0.6) is 0 Å². The average Bonchev–Trinajstić information content (AvgIpc) is 3.29. The van der Waals surface area contributed by atoms with Gasteiger partial charge in [-0.05, 0) is 111 Å². The molecule has 24 unspecified atom stereocenters. The van der Waals surface area contributed by atoms with E-state index in [1.165, 1.54) is 7.11 Å². The summed E-state index contributed by atoms with van der Waals surface area (Å²) in [6, 6.07) is 0. The quantitative estimate of drug-likeness (QED) is 0.0768. The average molecular weight is 973 g/mol. The van der Waals surface area contributed by atoms with Crippen molar-refractivity contribution in [2.75, 3.05) is 20.3 Å². The molecule has 4 saturated carbocycles. The number of carbonyl (C=O) groups excluding carboxylic acids is 1. The first-order valence-corrected chi connectivity index (χ1v) is 24.4. The number of aliphatic hydroxyl groups is 10. The molecule has 8 rings (SSSR count). The Labute approximate surface area is 396 Å². The summed E-state index contributed by atoms with van der Waals surface area (Å²) < 4.78 is 41.3.